The minimum absolute atomic E-state index is 0.154. The molecule has 3 N–H and O–H groups in total. The van der Waals surface area contributed by atoms with E-state index in [1.165, 1.54) is 18.5 Å². The number of hydrogen-bond acceptors (Lipinski definition) is 4. The van der Waals surface area contributed by atoms with Gasteiger partial charge in [0.25, 0.3) is 0 Å². The standard InChI is InChI=1S/C15H24N4O/c1-12-10-18(2)8-3-9-19(12)11-13-4-6-14(7-5-13)15(16)17-20/h4-7,12,20H,3,8-11H2,1-2H3,(H2,16,17). The van der Waals surface area contributed by atoms with E-state index in [2.05, 4.69) is 41.1 Å². The lowest BCUT2D eigenvalue weighted by Crippen LogP contribution is -2.37. The van der Waals surface area contributed by atoms with Crippen molar-refractivity contribution in [3.8, 4) is 0 Å². The number of nitrogens with two attached hydrogens (primary N) is 1. The maximum absolute atomic E-state index is 8.66. The van der Waals surface area contributed by atoms with Gasteiger partial charge < -0.3 is 15.8 Å². The molecule has 1 aliphatic heterocycles. The first-order valence-corrected chi connectivity index (χ1v) is 7.09. The second kappa shape index (κ2) is 6.72. The van der Waals surface area contributed by atoms with Gasteiger partial charge in [0.05, 0.1) is 0 Å². The van der Waals surface area contributed by atoms with Crippen molar-refractivity contribution >= 4 is 5.84 Å². The third-order valence-electron chi connectivity index (χ3n) is 3.93. The Morgan fingerprint density at radius 2 is 2.05 bits per heavy atom. The summed E-state index contributed by atoms with van der Waals surface area (Å²) in [5.74, 6) is 0.154. The molecular weight excluding hydrogens is 252 g/mol. The maximum Gasteiger partial charge on any atom is 0.170 e. The maximum atomic E-state index is 8.66. The number of oxime groups is 1. The summed E-state index contributed by atoms with van der Waals surface area (Å²) < 4.78 is 0. The second-order valence-corrected chi connectivity index (χ2v) is 5.62. The van der Waals surface area contributed by atoms with Crippen molar-refractivity contribution in [2.45, 2.75) is 25.9 Å². The molecule has 1 saturated heterocycles. The number of likely N-dealkylation sites (N-methyl/N-ethyl adjacent to an activating group) is 1. The first-order chi connectivity index (χ1) is 9.60. The van der Waals surface area contributed by atoms with E-state index in [9.17, 15) is 0 Å². The van der Waals surface area contributed by atoms with Gasteiger partial charge in [0.2, 0.25) is 0 Å². The molecule has 1 aliphatic rings. The van der Waals surface area contributed by atoms with E-state index >= 15 is 0 Å². The molecule has 0 aromatic heterocycles. The summed E-state index contributed by atoms with van der Waals surface area (Å²) >= 11 is 0. The molecule has 0 saturated carbocycles. The zero-order valence-electron chi connectivity index (χ0n) is 12.3. The lowest BCUT2D eigenvalue weighted by molar-refractivity contribution is 0.194. The quantitative estimate of drug-likeness (QED) is 0.378. The zero-order valence-corrected chi connectivity index (χ0v) is 12.3. The van der Waals surface area contributed by atoms with Gasteiger partial charge in [-0.1, -0.05) is 29.4 Å². The van der Waals surface area contributed by atoms with Crippen molar-refractivity contribution in [1.29, 1.82) is 0 Å². The van der Waals surface area contributed by atoms with Gasteiger partial charge in [0.15, 0.2) is 5.84 Å². The van der Waals surface area contributed by atoms with Crippen molar-refractivity contribution in [2.75, 3.05) is 26.7 Å². The normalized spacial score (nSPS) is 22.7. The van der Waals surface area contributed by atoms with E-state index in [1.54, 1.807) is 0 Å². The van der Waals surface area contributed by atoms with Crippen molar-refractivity contribution in [3.05, 3.63) is 35.4 Å². The molecule has 0 spiro atoms. The van der Waals surface area contributed by atoms with Crippen LogP contribution in [-0.4, -0.2) is 53.6 Å². The highest BCUT2D eigenvalue weighted by Crippen LogP contribution is 2.14. The largest absolute Gasteiger partial charge is 0.409 e. The average Bonchev–Trinajstić information content (AvgIpc) is 2.60. The predicted molar refractivity (Wildman–Crippen MR) is 80.9 cm³/mol. The van der Waals surface area contributed by atoms with Gasteiger partial charge in [-0.25, -0.2) is 0 Å². The number of amidine groups is 1. The Morgan fingerprint density at radius 1 is 1.35 bits per heavy atom. The highest BCUT2D eigenvalue weighted by Gasteiger charge is 2.19. The van der Waals surface area contributed by atoms with Gasteiger partial charge in [-0.3, -0.25) is 4.90 Å². The van der Waals surface area contributed by atoms with Crippen LogP contribution < -0.4 is 5.73 Å². The molecule has 1 unspecified atom stereocenters. The monoisotopic (exact) mass is 276 g/mol. The minimum Gasteiger partial charge on any atom is -0.409 e. The molecule has 110 valence electrons. The summed E-state index contributed by atoms with van der Waals surface area (Å²) in [6, 6.07) is 8.47. The molecule has 0 aliphatic carbocycles. The summed E-state index contributed by atoms with van der Waals surface area (Å²) in [6.45, 7) is 6.65. The second-order valence-electron chi connectivity index (χ2n) is 5.62. The van der Waals surface area contributed by atoms with Crippen molar-refractivity contribution in [3.63, 3.8) is 0 Å². The van der Waals surface area contributed by atoms with E-state index in [0.29, 0.717) is 6.04 Å². The third-order valence-corrected chi connectivity index (χ3v) is 3.93. The van der Waals surface area contributed by atoms with Crippen molar-refractivity contribution < 1.29 is 5.21 Å². The molecule has 0 bridgehead atoms. The van der Waals surface area contributed by atoms with Crippen LogP contribution in [0.3, 0.4) is 0 Å². The van der Waals surface area contributed by atoms with Gasteiger partial charge >= 0.3 is 0 Å². The molecule has 1 atom stereocenters. The van der Waals surface area contributed by atoms with Gasteiger partial charge in [0.1, 0.15) is 0 Å². The zero-order chi connectivity index (χ0) is 14.5. The number of hydrogen-bond donors (Lipinski definition) is 2. The van der Waals surface area contributed by atoms with Crippen molar-refractivity contribution in [1.82, 2.24) is 9.80 Å². The SMILES string of the molecule is CC1CN(C)CCCN1Cc1ccc(/C(N)=N/O)cc1. The van der Waals surface area contributed by atoms with E-state index in [4.69, 9.17) is 10.9 Å². The predicted octanol–water partition coefficient (Wildman–Crippen LogP) is 1.31. The van der Waals surface area contributed by atoms with Gasteiger partial charge in [-0.15, -0.1) is 0 Å². The van der Waals surface area contributed by atoms with Crippen LogP contribution in [0.1, 0.15) is 24.5 Å². The van der Waals surface area contributed by atoms with E-state index < -0.39 is 0 Å². The fourth-order valence-electron chi connectivity index (χ4n) is 2.73. The van der Waals surface area contributed by atoms with Crippen molar-refractivity contribution in [2.24, 2.45) is 10.9 Å². The number of benzene rings is 1. The summed E-state index contributed by atoms with van der Waals surface area (Å²) in [5.41, 5.74) is 7.58. The lowest BCUT2D eigenvalue weighted by atomic mass is 10.1. The van der Waals surface area contributed by atoms with Crippen LogP contribution in [0.5, 0.6) is 0 Å². The van der Waals surface area contributed by atoms with Crippen LogP contribution in [0, 0.1) is 0 Å². The van der Waals surface area contributed by atoms with Gasteiger partial charge in [-0.05, 0) is 32.5 Å². The molecule has 0 radical (unpaired) electrons. The van der Waals surface area contributed by atoms with E-state index in [1.807, 2.05) is 12.1 Å². The van der Waals surface area contributed by atoms with Gasteiger partial charge in [0, 0.05) is 31.2 Å². The average molecular weight is 276 g/mol. The van der Waals surface area contributed by atoms with E-state index in [0.717, 1.165) is 25.2 Å². The topological polar surface area (TPSA) is 65.1 Å². The van der Waals surface area contributed by atoms with Gasteiger partial charge in [-0.2, -0.15) is 0 Å². The Kier molecular flexibility index (Phi) is 4.98. The highest BCUT2D eigenvalue weighted by atomic mass is 16.4. The molecule has 5 heteroatoms. The Bertz CT molecular complexity index is 457. The summed E-state index contributed by atoms with van der Waals surface area (Å²) in [5, 5.41) is 11.7. The Balaban J connectivity index is 2.02. The lowest BCUT2D eigenvalue weighted by Gasteiger charge is -2.27. The molecular formula is C15H24N4O. The number of nitrogens with zero attached hydrogens (tertiary/aromatic N) is 3. The molecule has 1 aromatic rings. The summed E-state index contributed by atoms with van der Waals surface area (Å²) in [4.78, 5) is 4.91. The molecule has 1 fully saturated rings. The fourth-order valence-corrected chi connectivity index (χ4v) is 2.73. The highest BCUT2D eigenvalue weighted by molar-refractivity contribution is 5.96. The van der Waals surface area contributed by atoms with Crippen LogP contribution >= 0.6 is 0 Å². The summed E-state index contributed by atoms with van der Waals surface area (Å²) in [7, 11) is 2.19. The third kappa shape index (κ3) is 3.71. The van der Waals surface area contributed by atoms with Crippen LogP contribution in [0.2, 0.25) is 0 Å². The molecule has 1 aromatic carbocycles. The Labute approximate surface area is 120 Å². The first-order valence-electron chi connectivity index (χ1n) is 7.09. The van der Waals surface area contributed by atoms with Crippen LogP contribution in [0.25, 0.3) is 0 Å². The molecule has 0 amide bonds. The smallest absolute Gasteiger partial charge is 0.170 e. The van der Waals surface area contributed by atoms with E-state index in [-0.39, 0.29) is 5.84 Å². The number of rotatable bonds is 3. The van der Waals surface area contributed by atoms with Crippen LogP contribution in [0.4, 0.5) is 0 Å². The molecule has 5 nitrogen and oxygen atoms in total. The molecule has 20 heavy (non-hydrogen) atoms. The Hall–Kier alpha value is -1.59. The fraction of sp³-hybridized carbons (Fsp3) is 0.533. The molecule has 2 rings (SSSR count). The first kappa shape index (κ1) is 14.8. The Morgan fingerprint density at radius 3 is 2.70 bits per heavy atom. The van der Waals surface area contributed by atoms with Crippen LogP contribution in [0.15, 0.2) is 29.4 Å². The molecule has 1 heterocycles. The summed E-state index contributed by atoms with van der Waals surface area (Å²) in [6.07, 6.45) is 1.21. The minimum atomic E-state index is 0.154. The van der Waals surface area contributed by atoms with Crippen LogP contribution in [-0.2, 0) is 6.54 Å².